The number of hydrogen-bond donors (Lipinski definition) is 1. The number of aliphatic hydroxyl groups excluding tert-OH is 1. The van der Waals surface area contributed by atoms with Crippen molar-refractivity contribution in [1.82, 2.24) is 9.78 Å². The summed E-state index contributed by atoms with van der Waals surface area (Å²) in [4.78, 5) is 11.8. The molecule has 0 spiro atoms. The zero-order valence-electron chi connectivity index (χ0n) is 12.1. The van der Waals surface area contributed by atoms with Gasteiger partial charge in [0.15, 0.2) is 5.03 Å². The Bertz CT molecular complexity index is 650. The average molecular weight is 307 g/mol. The summed E-state index contributed by atoms with van der Waals surface area (Å²) in [5.74, 6) is 0. The smallest absolute Gasteiger partial charge is 0.324 e. The molecule has 0 saturated heterocycles. The lowest BCUT2D eigenvalue weighted by molar-refractivity contribution is -0.388. The number of benzene rings is 1. The summed E-state index contributed by atoms with van der Waals surface area (Å²) < 4.78 is 1.68. The van der Waals surface area contributed by atoms with E-state index in [9.17, 15) is 10.1 Å². The van der Waals surface area contributed by atoms with Crippen molar-refractivity contribution in [3.8, 4) is 0 Å². The van der Waals surface area contributed by atoms with Crippen LogP contribution in [0.5, 0.6) is 0 Å². The van der Waals surface area contributed by atoms with Crippen LogP contribution in [-0.4, -0.2) is 19.8 Å². The Hall–Kier alpha value is -1.86. The van der Waals surface area contributed by atoms with Gasteiger partial charge < -0.3 is 5.11 Å². The number of aliphatic hydroxyl groups is 1. The number of nitrogens with zero attached hydrogens (tertiary/aromatic N) is 3. The molecule has 1 heterocycles. The van der Waals surface area contributed by atoms with Crippen molar-refractivity contribution in [2.24, 2.45) is 0 Å². The minimum absolute atomic E-state index is 0.0197. The van der Waals surface area contributed by atoms with Crippen LogP contribution < -0.4 is 0 Å². The van der Waals surface area contributed by atoms with E-state index < -0.39 is 0 Å². The van der Waals surface area contributed by atoms with Crippen LogP contribution in [-0.2, 0) is 6.61 Å². The first-order valence-corrected chi connectivity index (χ1v) is 7.36. The van der Waals surface area contributed by atoms with E-state index >= 15 is 0 Å². The molecule has 2 rings (SSSR count). The number of aromatic nitrogens is 2. The van der Waals surface area contributed by atoms with Gasteiger partial charge in [0, 0.05) is 10.9 Å². The maximum absolute atomic E-state index is 11.3. The van der Waals surface area contributed by atoms with Crippen molar-refractivity contribution >= 4 is 17.4 Å². The van der Waals surface area contributed by atoms with Crippen LogP contribution in [0.15, 0.2) is 34.2 Å². The molecule has 1 aromatic heterocycles. The Morgan fingerprint density at radius 1 is 1.38 bits per heavy atom. The van der Waals surface area contributed by atoms with Gasteiger partial charge in [0.25, 0.3) is 0 Å². The first kappa shape index (κ1) is 15.5. The second-order valence-electron chi connectivity index (χ2n) is 4.94. The first-order chi connectivity index (χ1) is 9.93. The Morgan fingerprint density at radius 3 is 2.48 bits per heavy atom. The quantitative estimate of drug-likeness (QED) is 0.677. The van der Waals surface area contributed by atoms with Crippen molar-refractivity contribution in [1.29, 1.82) is 0 Å². The highest BCUT2D eigenvalue weighted by atomic mass is 32.2. The highest BCUT2D eigenvalue weighted by Crippen LogP contribution is 2.38. The van der Waals surface area contributed by atoms with Crippen LogP contribution in [0, 0.1) is 17.0 Å². The molecule has 7 heteroatoms. The molecule has 6 nitrogen and oxygen atoms in total. The Balaban J connectivity index is 2.43. The Kier molecular flexibility index (Phi) is 4.64. The minimum atomic E-state index is -0.383. The lowest BCUT2D eigenvalue weighted by Crippen LogP contribution is -2.04. The van der Waals surface area contributed by atoms with Gasteiger partial charge in [-0.1, -0.05) is 23.9 Å². The molecule has 0 bridgehead atoms. The molecule has 0 atom stereocenters. The van der Waals surface area contributed by atoms with E-state index in [0.717, 1.165) is 10.5 Å². The van der Waals surface area contributed by atoms with Crippen LogP contribution in [0.3, 0.4) is 0 Å². The van der Waals surface area contributed by atoms with Crippen molar-refractivity contribution in [3.63, 3.8) is 0 Å². The molecule has 21 heavy (non-hydrogen) atoms. The Morgan fingerprint density at radius 2 is 2.00 bits per heavy atom. The summed E-state index contributed by atoms with van der Waals surface area (Å²) in [5, 5.41) is 25.1. The summed E-state index contributed by atoms with van der Waals surface area (Å²) in [5.41, 5.74) is 1.28. The third kappa shape index (κ3) is 3.25. The maximum atomic E-state index is 11.3. The fourth-order valence-corrected chi connectivity index (χ4v) is 3.11. The van der Waals surface area contributed by atoms with Gasteiger partial charge in [0.05, 0.1) is 11.5 Å². The number of nitro groups is 1. The first-order valence-electron chi connectivity index (χ1n) is 6.55. The van der Waals surface area contributed by atoms with E-state index in [1.54, 1.807) is 23.7 Å². The highest BCUT2D eigenvalue weighted by molar-refractivity contribution is 7.99. The zero-order chi connectivity index (χ0) is 15.6. The molecule has 2 aromatic rings. The fourth-order valence-electron chi connectivity index (χ4n) is 1.95. The van der Waals surface area contributed by atoms with E-state index in [-0.39, 0.29) is 23.3 Å². The molecule has 112 valence electrons. The maximum Gasteiger partial charge on any atom is 0.324 e. The lowest BCUT2D eigenvalue weighted by Gasteiger charge is -2.09. The van der Waals surface area contributed by atoms with Crippen LogP contribution >= 0.6 is 11.8 Å². The lowest BCUT2D eigenvalue weighted by atomic mass is 10.2. The molecule has 0 saturated carbocycles. The van der Waals surface area contributed by atoms with Gasteiger partial charge in [0.2, 0.25) is 0 Å². The summed E-state index contributed by atoms with van der Waals surface area (Å²) in [7, 11) is 0. The summed E-state index contributed by atoms with van der Waals surface area (Å²) >= 11 is 1.31. The van der Waals surface area contributed by atoms with Crippen molar-refractivity contribution in [2.75, 3.05) is 0 Å². The van der Waals surface area contributed by atoms with Gasteiger partial charge in [-0.2, -0.15) is 5.10 Å². The van der Waals surface area contributed by atoms with Crippen LogP contribution in [0.1, 0.15) is 31.1 Å². The van der Waals surface area contributed by atoms with Gasteiger partial charge in [-0.25, -0.2) is 4.68 Å². The molecular weight excluding hydrogens is 290 g/mol. The number of rotatable bonds is 5. The number of hydrogen-bond acceptors (Lipinski definition) is 5. The molecule has 1 N–H and O–H groups in total. The summed E-state index contributed by atoms with van der Waals surface area (Å²) in [6.45, 7) is 5.51. The average Bonchev–Trinajstić information content (AvgIpc) is 2.76. The molecule has 0 aliphatic carbocycles. The minimum Gasteiger partial charge on any atom is -0.392 e. The van der Waals surface area contributed by atoms with Gasteiger partial charge >= 0.3 is 5.69 Å². The van der Waals surface area contributed by atoms with Gasteiger partial charge in [0.1, 0.15) is 5.69 Å². The van der Waals surface area contributed by atoms with Crippen LogP contribution in [0.2, 0.25) is 0 Å². The van der Waals surface area contributed by atoms with E-state index in [4.69, 9.17) is 5.11 Å². The molecule has 0 radical (unpaired) electrons. The molecule has 1 aromatic carbocycles. The third-order valence-corrected chi connectivity index (χ3v) is 4.08. The Labute approximate surface area is 126 Å². The molecule has 0 fully saturated rings. The molecule has 0 amide bonds. The van der Waals surface area contributed by atoms with Crippen LogP contribution in [0.25, 0.3) is 0 Å². The second-order valence-corrected chi connectivity index (χ2v) is 6.00. The highest BCUT2D eigenvalue weighted by Gasteiger charge is 2.27. The largest absolute Gasteiger partial charge is 0.392 e. The van der Waals surface area contributed by atoms with Gasteiger partial charge in [-0.15, -0.1) is 0 Å². The van der Waals surface area contributed by atoms with E-state index in [1.807, 2.05) is 26.0 Å². The molecule has 0 aliphatic rings. The van der Waals surface area contributed by atoms with E-state index in [0.29, 0.717) is 10.7 Å². The molecule has 0 aliphatic heterocycles. The third-order valence-electron chi connectivity index (χ3n) is 3.00. The normalized spacial score (nSPS) is 11.1. The SMILES string of the molecule is Cc1nn(C(C)C)c(Sc2ccc(CO)cc2)c1[N+](=O)[O-]. The van der Waals surface area contributed by atoms with Crippen LogP contribution in [0.4, 0.5) is 5.69 Å². The van der Waals surface area contributed by atoms with Crippen molar-refractivity contribution < 1.29 is 10.0 Å². The standard InChI is InChI=1S/C14H17N3O3S/c1-9(2)16-14(13(17(19)20)10(3)15-16)21-12-6-4-11(8-18)5-7-12/h4-7,9,18H,8H2,1-3H3. The fraction of sp³-hybridized carbons (Fsp3) is 0.357. The van der Waals surface area contributed by atoms with E-state index in [1.165, 1.54) is 11.8 Å². The zero-order valence-corrected chi connectivity index (χ0v) is 12.9. The predicted molar refractivity (Wildman–Crippen MR) is 80.5 cm³/mol. The van der Waals surface area contributed by atoms with Crippen molar-refractivity contribution in [2.45, 2.75) is 43.3 Å². The van der Waals surface area contributed by atoms with Gasteiger partial charge in [-0.05, 0) is 38.5 Å². The monoisotopic (exact) mass is 307 g/mol. The predicted octanol–water partition coefficient (Wildman–Crippen LogP) is 3.32. The van der Waals surface area contributed by atoms with Crippen molar-refractivity contribution in [3.05, 3.63) is 45.6 Å². The topological polar surface area (TPSA) is 81.2 Å². The second kappa shape index (κ2) is 6.28. The molecule has 0 unspecified atom stereocenters. The van der Waals surface area contributed by atoms with E-state index in [2.05, 4.69) is 5.10 Å². The molecular formula is C14H17N3O3S. The summed E-state index contributed by atoms with van der Waals surface area (Å²) in [6.07, 6.45) is 0. The summed E-state index contributed by atoms with van der Waals surface area (Å²) in [6, 6.07) is 7.32. The van der Waals surface area contributed by atoms with Gasteiger partial charge in [-0.3, -0.25) is 10.1 Å². The number of aryl methyl sites for hydroxylation is 1.